The highest BCUT2D eigenvalue weighted by atomic mass is 16.5. The number of aromatic nitrogens is 4. The van der Waals surface area contributed by atoms with Gasteiger partial charge in [-0.15, -0.1) is 5.10 Å². The molecule has 0 spiro atoms. The monoisotopic (exact) mass is 408 g/mol. The third kappa shape index (κ3) is 4.44. The lowest BCUT2D eigenvalue weighted by Gasteiger charge is -2.40. The van der Waals surface area contributed by atoms with Crippen LogP contribution in [0.1, 0.15) is 17.4 Å². The fourth-order valence-electron chi connectivity index (χ4n) is 3.95. The predicted octanol–water partition coefficient (Wildman–Crippen LogP) is 2.24. The van der Waals surface area contributed by atoms with E-state index < -0.39 is 0 Å². The molecule has 1 aliphatic rings. The van der Waals surface area contributed by atoms with Crippen LogP contribution in [0.15, 0.2) is 54.6 Å². The molecule has 1 aromatic heterocycles. The number of ether oxygens (including phenoxy) is 2. The number of benzene rings is 2. The van der Waals surface area contributed by atoms with Gasteiger partial charge in [0.15, 0.2) is 5.82 Å². The van der Waals surface area contributed by atoms with Gasteiger partial charge in [0.25, 0.3) is 0 Å². The van der Waals surface area contributed by atoms with Crippen LogP contribution in [0.25, 0.3) is 0 Å². The van der Waals surface area contributed by atoms with Gasteiger partial charge in [0, 0.05) is 45.0 Å². The number of hydrogen-bond donors (Lipinski definition) is 0. The molecule has 3 aromatic rings. The molecule has 0 bridgehead atoms. The van der Waals surface area contributed by atoms with Crippen LogP contribution in [0.3, 0.4) is 0 Å². The largest absolute Gasteiger partial charge is 0.497 e. The second-order valence-corrected chi connectivity index (χ2v) is 7.29. The molecule has 4 rings (SSSR count). The van der Waals surface area contributed by atoms with Crippen LogP contribution in [-0.4, -0.2) is 72.1 Å². The fraction of sp³-hybridized carbons (Fsp3) is 0.409. The van der Waals surface area contributed by atoms with Crippen molar-refractivity contribution in [3.63, 3.8) is 0 Å². The molecule has 1 aliphatic heterocycles. The summed E-state index contributed by atoms with van der Waals surface area (Å²) < 4.78 is 12.5. The lowest BCUT2D eigenvalue weighted by Crippen LogP contribution is -2.48. The van der Waals surface area contributed by atoms with E-state index in [0.29, 0.717) is 13.2 Å². The minimum atomic E-state index is 0.00511. The number of rotatable bonds is 8. The van der Waals surface area contributed by atoms with Crippen molar-refractivity contribution in [1.29, 1.82) is 0 Å². The summed E-state index contributed by atoms with van der Waals surface area (Å²) in [7, 11) is 3.39. The van der Waals surface area contributed by atoms with Crippen LogP contribution in [0.5, 0.6) is 5.75 Å². The highest BCUT2D eigenvalue weighted by Crippen LogP contribution is 2.29. The van der Waals surface area contributed by atoms with E-state index in [4.69, 9.17) is 9.47 Å². The Kier molecular flexibility index (Phi) is 6.56. The Bertz CT molecular complexity index is 924. The van der Waals surface area contributed by atoms with Crippen molar-refractivity contribution in [2.75, 3.05) is 51.9 Å². The minimum Gasteiger partial charge on any atom is -0.497 e. The molecule has 0 amide bonds. The summed E-state index contributed by atoms with van der Waals surface area (Å²) in [5.74, 6) is 1.74. The van der Waals surface area contributed by atoms with Gasteiger partial charge >= 0.3 is 0 Å². The Hall–Kier alpha value is -2.97. The lowest BCUT2D eigenvalue weighted by atomic mass is 10.0. The molecule has 2 heterocycles. The number of hydrogen-bond acceptors (Lipinski definition) is 7. The van der Waals surface area contributed by atoms with Crippen molar-refractivity contribution < 1.29 is 9.47 Å². The standard InChI is InChI=1S/C22H28N6O2/c1-29-16-15-28-22(23-24-25-28)21(18-7-4-3-5-8-18)27-13-11-26(12-14-27)19-9-6-10-20(17-19)30-2/h3-10,17,21H,11-16H2,1-2H3/t21-/m1/s1. The molecule has 2 aromatic carbocycles. The van der Waals surface area contributed by atoms with Crippen LogP contribution in [-0.2, 0) is 11.3 Å². The summed E-state index contributed by atoms with van der Waals surface area (Å²) in [6.07, 6.45) is 0. The maximum Gasteiger partial charge on any atom is 0.173 e. The number of nitrogens with zero attached hydrogens (tertiary/aromatic N) is 6. The summed E-state index contributed by atoms with van der Waals surface area (Å²) >= 11 is 0. The number of anilines is 1. The molecule has 0 aliphatic carbocycles. The number of methoxy groups -OCH3 is 2. The molecule has 1 saturated heterocycles. The van der Waals surface area contributed by atoms with Gasteiger partial charge in [0.2, 0.25) is 0 Å². The normalized spacial score (nSPS) is 15.9. The van der Waals surface area contributed by atoms with Gasteiger partial charge in [-0.3, -0.25) is 4.90 Å². The third-order valence-corrected chi connectivity index (χ3v) is 5.52. The van der Waals surface area contributed by atoms with Crippen LogP contribution < -0.4 is 9.64 Å². The Morgan fingerprint density at radius 2 is 1.77 bits per heavy atom. The van der Waals surface area contributed by atoms with Gasteiger partial charge in [-0.25, -0.2) is 4.68 Å². The van der Waals surface area contributed by atoms with E-state index >= 15 is 0 Å². The molecule has 158 valence electrons. The number of tetrazole rings is 1. The maximum absolute atomic E-state index is 5.38. The summed E-state index contributed by atoms with van der Waals surface area (Å²) in [6.45, 7) is 4.88. The molecule has 0 N–H and O–H groups in total. The van der Waals surface area contributed by atoms with Gasteiger partial charge in [-0.2, -0.15) is 0 Å². The molecule has 1 atom stereocenters. The molecular formula is C22H28N6O2. The summed E-state index contributed by atoms with van der Waals surface area (Å²) in [6, 6.07) is 18.7. The Balaban J connectivity index is 1.55. The summed E-state index contributed by atoms with van der Waals surface area (Å²) in [5.41, 5.74) is 2.39. The molecular weight excluding hydrogens is 380 g/mol. The lowest BCUT2D eigenvalue weighted by molar-refractivity contribution is 0.171. The van der Waals surface area contributed by atoms with Crippen LogP contribution in [0.2, 0.25) is 0 Å². The molecule has 8 heteroatoms. The quantitative estimate of drug-likeness (QED) is 0.566. The van der Waals surface area contributed by atoms with Crippen LogP contribution in [0, 0.1) is 0 Å². The molecule has 8 nitrogen and oxygen atoms in total. The van der Waals surface area contributed by atoms with Gasteiger partial charge in [-0.1, -0.05) is 36.4 Å². The zero-order valence-electron chi connectivity index (χ0n) is 17.5. The topological polar surface area (TPSA) is 68.5 Å². The van der Waals surface area contributed by atoms with Crippen molar-refractivity contribution in [3.8, 4) is 5.75 Å². The van der Waals surface area contributed by atoms with Crippen molar-refractivity contribution >= 4 is 5.69 Å². The van der Waals surface area contributed by atoms with Gasteiger partial charge in [-0.05, 0) is 28.1 Å². The van der Waals surface area contributed by atoms with Crippen molar-refractivity contribution in [1.82, 2.24) is 25.1 Å². The molecule has 0 radical (unpaired) electrons. The number of piperazine rings is 1. The second-order valence-electron chi connectivity index (χ2n) is 7.29. The van der Waals surface area contributed by atoms with Gasteiger partial charge in [0.05, 0.1) is 26.3 Å². The minimum absolute atomic E-state index is 0.00511. The zero-order chi connectivity index (χ0) is 20.8. The average molecular weight is 409 g/mol. The van der Waals surface area contributed by atoms with E-state index in [0.717, 1.165) is 37.8 Å². The average Bonchev–Trinajstić information content (AvgIpc) is 3.27. The molecule has 0 unspecified atom stereocenters. The first-order chi connectivity index (χ1) is 14.8. The first kappa shape index (κ1) is 20.3. The van der Waals surface area contributed by atoms with Crippen LogP contribution in [0.4, 0.5) is 5.69 Å². The van der Waals surface area contributed by atoms with E-state index in [2.05, 4.69) is 61.7 Å². The van der Waals surface area contributed by atoms with E-state index in [1.165, 1.54) is 11.3 Å². The molecule has 30 heavy (non-hydrogen) atoms. The fourth-order valence-corrected chi connectivity index (χ4v) is 3.95. The third-order valence-electron chi connectivity index (χ3n) is 5.52. The van der Waals surface area contributed by atoms with Crippen molar-refractivity contribution in [2.24, 2.45) is 0 Å². The molecule has 0 saturated carbocycles. The first-order valence-electron chi connectivity index (χ1n) is 10.2. The Labute approximate surface area is 177 Å². The molecule has 1 fully saturated rings. The van der Waals surface area contributed by atoms with E-state index in [-0.39, 0.29) is 6.04 Å². The van der Waals surface area contributed by atoms with E-state index in [1.54, 1.807) is 14.2 Å². The van der Waals surface area contributed by atoms with Crippen molar-refractivity contribution in [2.45, 2.75) is 12.6 Å². The predicted molar refractivity (Wildman–Crippen MR) is 115 cm³/mol. The van der Waals surface area contributed by atoms with Crippen LogP contribution >= 0.6 is 0 Å². The van der Waals surface area contributed by atoms with E-state index in [9.17, 15) is 0 Å². The SMILES string of the molecule is COCCn1nnnc1[C@@H](c1ccccc1)N1CCN(c2cccc(OC)c2)CC1. The first-order valence-corrected chi connectivity index (χ1v) is 10.2. The van der Waals surface area contributed by atoms with Gasteiger partial charge < -0.3 is 14.4 Å². The highest BCUT2D eigenvalue weighted by Gasteiger charge is 2.30. The highest BCUT2D eigenvalue weighted by molar-refractivity contribution is 5.51. The maximum atomic E-state index is 5.38. The second kappa shape index (κ2) is 9.69. The Morgan fingerprint density at radius 3 is 2.50 bits per heavy atom. The Morgan fingerprint density at radius 1 is 0.967 bits per heavy atom. The van der Waals surface area contributed by atoms with Gasteiger partial charge in [0.1, 0.15) is 5.75 Å². The summed E-state index contributed by atoms with van der Waals surface area (Å²) in [4.78, 5) is 4.86. The zero-order valence-corrected chi connectivity index (χ0v) is 17.5. The smallest absolute Gasteiger partial charge is 0.173 e. The summed E-state index contributed by atoms with van der Waals surface area (Å²) in [5, 5.41) is 12.6. The van der Waals surface area contributed by atoms with E-state index in [1.807, 2.05) is 22.9 Å². The van der Waals surface area contributed by atoms with Crippen molar-refractivity contribution in [3.05, 3.63) is 66.0 Å².